The van der Waals surface area contributed by atoms with E-state index in [0.717, 1.165) is 6.42 Å². The number of hydrogen-bond donors (Lipinski definition) is 2. The van der Waals surface area contributed by atoms with Crippen LogP contribution in [0.4, 0.5) is 5.69 Å². The molecule has 0 atom stereocenters. The second-order valence-corrected chi connectivity index (χ2v) is 5.97. The number of benzene rings is 2. The molecule has 2 amide bonds. The molecule has 0 spiro atoms. The number of anilines is 1. The minimum Gasteiger partial charge on any atom is -0.490 e. The lowest BCUT2D eigenvalue weighted by Gasteiger charge is -2.11. The lowest BCUT2D eigenvalue weighted by atomic mass is 10.2. The minimum absolute atomic E-state index is 0.328. The maximum absolute atomic E-state index is 12.0. The van der Waals surface area contributed by atoms with E-state index in [9.17, 15) is 14.4 Å². The van der Waals surface area contributed by atoms with Crippen molar-refractivity contribution in [2.24, 2.45) is 0 Å². The Kier molecular flexibility index (Phi) is 6.46. The summed E-state index contributed by atoms with van der Waals surface area (Å²) < 4.78 is 16.0. The van der Waals surface area contributed by atoms with Gasteiger partial charge in [-0.05, 0) is 24.3 Å². The second kappa shape index (κ2) is 9.40. The molecule has 2 aromatic rings. The van der Waals surface area contributed by atoms with Crippen LogP contribution >= 0.6 is 0 Å². The molecule has 0 radical (unpaired) electrons. The van der Waals surface area contributed by atoms with E-state index in [-0.39, 0.29) is 6.54 Å². The van der Waals surface area contributed by atoms with Gasteiger partial charge in [0.05, 0.1) is 13.2 Å². The summed E-state index contributed by atoms with van der Waals surface area (Å²) in [4.78, 5) is 35.5. The SMILES string of the molecule is O=C(COC(=O)CNC(=O)c1ccccc1)Nc1ccc2c(c1)OCCCO2. The van der Waals surface area contributed by atoms with Crippen LogP contribution in [0.2, 0.25) is 0 Å². The molecule has 0 unspecified atom stereocenters. The fraction of sp³-hybridized carbons (Fsp3) is 0.250. The van der Waals surface area contributed by atoms with Crippen LogP contribution in [-0.2, 0) is 14.3 Å². The Labute approximate surface area is 161 Å². The first-order chi connectivity index (χ1) is 13.6. The van der Waals surface area contributed by atoms with Crippen LogP contribution in [-0.4, -0.2) is 44.1 Å². The summed E-state index contributed by atoms with van der Waals surface area (Å²) in [7, 11) is 0. The molecule has 2 N–H and O–H groups in total. The van der Waals surface area contributed by atoms with E-state index in [1.165, 1.54) is 0 Å². The van der Waals surface area contributed by atoms with Crippen molar-refractivity contribution >= 4 is 23.5 Å². The Balaban J connectivity index is 1.42. The maximum atomic E-state index is 12.0. The zero-order valence-corrected chi connectivity index (χ0v) is 15.1. The highest BCUT2D eigenvalue weighted by molar-refractivity contribution is 5.96. The van der Waals surface area contributed by atoms with Gasteiger partial charge in [0, 0.05) is 23.7 Å². The average molecular weight is 384 g/mol. The first kappa shape index (κ1) is 19.2. The van der Waals surface area contributed by atoms with Crippen molar-refractivity contribution in [3.63, 3.8) is 0 Å². The van der Waals surface area contributed by atoms with Crippen molar-refractivity contribution in [3.8, 4) is 11.5 Å². The highest BCUT2D eigenvalue weighted by Crippen LogP contribution is 2.32. The number of hydrogen-bond acceptors (Lipinski definition) is 6. The van der Waals surface area contributed by atoms with Gasteiger partial charge in [0.2, 0.25) is 0 Å². The van der Waals surface area contributed by atoms with Crippen LogP contribution < -0.4 is 20.1 Å². The summed E-state index contributed by atoms with van der Waals surface area (Å²) in [5, 5.41) is 5.06. The number of ether oxygens (including phenoxy) is 3. The molecule has 3 rings (SSSR count). The summed E-state index contributed by atoms with van der Waals surface area (Å²) >= 11 is 0. The standard InChI is InChI=1S/C20H20N2O6/c23-18(22-15-7-8-16-17(11-15)27-10-4-9-26-16)13-28-19(24)12-21-20(25)14-5-2-1-3-6-14/h1-3,5-8,11H,4,9-10,12-13H2,(H,21,25)(H,22,23). The number of rotatable bonds is 6. The second-order valence-electron chi connectivity index (χ2n) is 5.97. The first-order valence-electron chi connectivity index (χ1n) is 8.80. The van der Waals surface area contributed by atoms with Crippen molar-refractivity contribution in [2.75, 3.05) is 31.7 Å². The third-order valence-corrected chi connectivity index (χ3v) is 3.82. The van der Waals surface area contributed by atoms with E-state index in [1.807, 2.05) is 0 Å². The molecule has 0 aliphatic carbocycles. The Hall–Kier alpha value is -3.55. The number of carbonyl (C=O) groups excluding carboxylic acids is 3. The van der Waals surface area contributed by atoms with Crippen LogP contribution in [0.5, 0.6) is 11.5 Å². The average Bonchev–Trinajstić information content (AvgIpc) is 2.96. The predicted molar refractivity (Wildman–Crippen MR) is 100 cm³/mol. The van der Waals surface area contributed by atoms with Gasteiger partial charge < -0.3 is 24.8 Å². The highest BCUT2D eigenvalue weighted by atomic mass is 16.5. The van der Waals surface area contributed by atoms with Crippen LogP contribution in [0.25, 0.3) is 0 Å². The van der Waals surface area contributed by atoms with Crippen molar-refractivity contribution in [1.29, 1.82) is 0 Å². The molecular weight excluding hydrogens is 364 g/mol. The number of esters is 1. The van der Waals surface area contributed by atoms with Crippen LogP contribution in [0.1, 0.15) is 16.8 Å². The lowest BCUT2D eigenvalue weighted by Crippen LogP contribution is -2.32. The van der Waals surface area contributed by atoms with Crippen molar-refractivity contribution < 1.29 is 28.6 Å². The summed E-state index contributed by atoms with van der Waals surface area (Å²) in [6.45, 7) is 0.325. The topological polar surface area (TPSA) is 103 Å². The molecule has 0 saturated heterocycles. The molecule has 0 saturated carbocycles. The lowest BCUT2D eigenvalue weighted by molar-refractivity contribution is -0.146. The first-order valence-corrected chi connectivity index (χ1v) is 8.80. The van der Waals surface area contributed by atoms with Crippen molar-refractivity contribution in [1.82, 2.24) is 5.32 Å². The number of amides is 2. The minimum atomic E-state index is -0.710. The van der Waals surface area contributed by atoms with Gasteiger partial charge in [-0.25, -0.2) is 0 Å². The van der Waals surface area contributed by atoms with Gasteiger partial charge >= 0.3 is 5.97 Å². The van der Waals surface area contributed by atoms with Gasteiger partial charge in [0.15, 0.2) is 18.1 Å². The molecule has 8 heteroatoms. The van der Waals surface area contributed by atoms with Crippen molar-refractivity contribution in [3.05, 3.63) is 54.1 Å². The van der Waals surface area contributed by atoms with Crippen LogP contribution in [0.15, 0.2) is 48.5 Å². The highest BCUT2D eigenvalue weighted by Gasteiger charge is 2.13. The fourth-order valence-electron chi connectivity index (χ4n) is 2.48. The fourth-order valence-corrected chi connectivity index (χ4v) is 2.48. The van der Waals surface area contributed by atoms with Gasteiger partial charge in [0.1, 0.15) is 6.54 Å². The molecule has 0 aromatic heterocycles. The van der Waals surface area contributed by atoms with E-state index < -0.39 is 24.4 Å². The smallest absolute Gasteiger partial charge is 0.325 e. The summed E-state index contributed by atoms with van der Waals surface area (Å²) in [6, 6.07) is 13.5. The molecule has 1 heterocycles. The monoisotopic (exact) mass is 384 g/mol. The Morgan fingerprint density at radius 1 is 0.964 bits per heavy atom. The van der Waals surface area contributed by atoms with E-state index in [2.05, 4.69) is 10.6 Å². The summed E-state index contributed by atoms with van der Waals surface area (Å²) in [5.41, 5.74) is 0.935. The summed E-state index contributed by atoms with van der Waals surface area (Å²) in [6.07, 6.45) is 0.785. The number of nitrogens with one attached hydrogen (secondary N) is 2. The van der Waals surface area contributed by atoms with Gasteiger partial charge in [-0.15, -0.1) is 0 Å². The molecule has 146 valence electrons. The third-order valence-electron chi connectivity index (χ3n) is 3.82. The number of fused-ring (bicyclic) bond motifs is 1. The zero-order valence-electron chi connectivity index (χ0n) is 15.1. The molecule has 0 bridgehead atoms. The Bertz CT molecular complexity index is 853. The van der Waals surface area contributed by atoms with E-state index in [1.54, 1.807) is 48.5 Å². The Morgan fingerprint density at radius 3 is 2.50 bits per heavy atom. The molecule has 0 fully saturated rings. The summed E-state index contributed by atoms with van der Waals surface area (Å²) in [5.74, 6) is -0.434. The molecular formula is C20H20N2O6. The normalized spacial score (nSPS) is 12.4. The maximum Gasteiger partial charge on any atom is 0.325 e. The molecule has 1 aliphatic heterocycles. The van der Waals surface area contributed by atoms with Crippen LogP contribution in [0, 0.1) is 0 Å². The number of carbonyl (C=O) groups is 3. The van der Waals surface area contributed by atoms with E-state index in [4.69, 9.17) is 14.2 Å². The quantitative estimate of drug-likeness (QED) is 0.736. The van der Waals surface area contributed by atoms with Gasteiger partial charge in [-0.2, -0.15) is 0 Å². The van der Waals surface area contributed by atoms with Gasteiger partial charge in [0.25, 0.3) is 11.8 Å². The molecule has 1 aliphatic rings. The van der Waals surface area contributed by atoms with E-state index in [0.29, 0.717) is 36.0 Å². The zero-order chi connectivity index (χ0) is 19.8. The molecule has 28 heavy (non-hydrogen) atoms. The molecule has 2 aromatic carbocycles. The van der Waals surface area contributed by atoms with Gasteiger partial charge in [-0.1, -0.05) is 18.2 Å². The Morgan fingerprint density at radius 2 is 1.71 bits per heavy atom. The van der Waals surface area contributed by atoms with Crippen LogP contribution in [0.3, 0.4) is 0 Å². The van der Waals surface area contributed by atoms with Gasteiger partial charge in [-0.3, -0.25) is 14.4 Å². The third kappa shape index (κ3) is 5.47. The van der Waals surface area contributed by atoms with E-state index >= 15 is 0 Å². The molecule has 8 nitrogen and oxygen atoms in total. The largest absolute Gasteiger partial charge is 0.490 e. The van der Waals surface area contributed by atoms with Crippen molar-refractivity contribution in [2.45, 2.75) is 6.42 Å². The predicted octanol–water partition coefficient (Wildman–Crippen LogP) is 1.76.